The molecule has 0 bridgehead atoms. The van der Waals surface area contributed by atoms with Crippen LogP contribution in [0.3, 0.4) is 0 Å². The molecule has 0 fully saturated rings. The van der Waals surface area contributed by atoms with Crippen molar-refractivity contribution in [1.82, 2.24) is 4.98 Å². The number of hydrogen-bond acceptors (Lipinski definition) is 1. The van der Waals surface area contributed by atoms with E-state index in [-0.39, 0.29) is 20.1 Å². The molecule has 0 saturated carbocycles. The maximum Gasteiger partial charge on any atom is 0.0163 e. The quantitative estimate of drug-likeness (QED) is 0.604. The molecular formula is C19H22IrN-. The molecule has 1 nitrogen and oxygen atoms in total. The molecule has 0 unspecified atom stereocenters. The molecule has 0 aliphatic heterocycles. The Morgan fingerprint density at radius 3 is 2.76 bits per heavy atom. The number of benzene rings is 1. The Balaban J connectivity index is 0.00000161. The summed E-state index contributed by atoms with van der Waals surface area (Å²) >= 11 is 0. The van der Waals surface area contributed by atoms with Crippen LogP contribution >= 0.6 is 0 Å². The minimum Gasteiger partial charge on any atom is -0.305 e. The maximum absolute atomic E-state index is 4.54. The van der Waals surface area contributed by atoms with Crippen LogP contribution in [0.2, 0.25) is 0 Å². The van der Waals surface area contributed by atoms with Crippen LogP contribution in [-0.2, 0) is 39.4 Å². The Hall–Kier alpha value is -0.981. The van der Waals surface area contributed by atoms with E-state index in [2.05, 4.69) is 42.2 Å². The summed E-state index contributed by atoms with van der Waals surface area (Å²) in [7, 11) is 0. The second kappa shape index (κ2) is 7.87. The number of fused-ring (bicyclic) bond motifs is 1. The van der Waals surface area contributed by atoms with Gasteiger partial charge in [0.15, 0.2) is 0 Å². The molecule has 1 aromatic heterocycles. The number of aryl methyl sites for hydroxylation is 3. The van der Waals surface area contributed by atoms with Gasteiger partial charge in [0, 0.05) is 26.3 Å². The largest absolute Gasteiger partial charge is 0.305 e. The number of unbranched alkanes of at least 4 members (excludes halogenated alkanes) is 1. The third-order valence-electron chi connectivity index (χ3n) is 4.19. The third kappa shape index (κ3) is 4.02. The van der Waals surface area contributed by atoms with Gasteiger partial charge >= 0.3 is 0 Å². The summed E-state index contributed by atoms with van der Waals surface area (Å²) in [5.41, 5.74) is 6.62. The summed E-state index contributed by atoms with van der Waals surface area (Å²) in [6.45, 7) is 2.24. The molecule has 0 saturated heterocycles. The van der Waals surface area contributed by atoms with Crippen molar-refractivity contribution in [3.8, 4) is 11.3 Å². The van der Waals surface area contributed by atoms with Gasteiger partial charge in [0.2, 0.25) is 0 Å². The Bertz CT molecular complexity index is 592. The monoisotopic (exact) mass is 457 g/mol. The van der Waals surface area contributed by atoms with Crippen LogP contribution < -0.4 is 0 Å². The molecule has 1 aliphatic carbocycles. The summed E-state index contributed by atoms with van der Waals surface area (Å²) < 4.78 is 0. The van der Waals surface area contributed by atoms with Crippen LogP contribution in [0.25, 0.3) is 11.3 Å². The van der Waals surface area contributed by atoms with Crippen molar-refractivity contribution in [3.05, 3.63) is 53.2 Å². The number of nitrogens with zero attached hydrogens (tertiary/aromatic N) is 1. The van der Waals surface area contributed by atoms with Crippen molar-refractivity contribution in [3.63, 3.8) is 0 Å². The summed E-state index contributed by atoms with van der Waals surface area (Å²) in [4.78, 5) is 4.54. The van der Waals surface area contributed by atoms with Gasteiger partial charge in [-0.05, 0) is 31.0 Å². The zero-order valence-electron chi connectivity index (χ0n) is 12.6. The van der Waals surface area contributed by atoms with Crippen LogP contribution in [-0.4, -0.2) is 4.98 Å². The Morgan fingerprint density at radius 1 is 1.14 bits per heavy atom. The van der Waals surface area contributed by atoms with E-state index in [1.54, 1.807) is 0 Å². The molecule has 21 heavy (non-hydrogen) atoms. The van der Waals surface area contributed by atoms with Crippen LogP contribution in [0.4, 0.5) is 0 Å². The van der Waals surface area contributed by atoms with Gasteiger partial charge in [-0.3, -0.25) is 0 Å². The van der Waals surface area contributed by atoms with Crippen LogP contribution in [0.1, 0.15) is 49.3 Å². The minimum atomic E-state index is 0. The molecule has 0 N–H and O–H groups in total. The summed E-state index contributed by atoms with van der Waals surface area (Å²) in [5.74, 6) is 0. The van der Waals surface area contributed by atoms with Gasteiger partial charge in [-0.1, -0.05) is 44.2 Å². The molecule has 0 atom stereocenters. The van der Waals surface area contributed by atoms with E-state index in [4.69, 9.17) is 0 Å². The first-order valence-corrected chi connectivity index (χ1v) is 7.85. The van der Waals surface area contributed by atoms with Gasteiger partial charge < -0.3 is 4.98 Å². The average molecular weight is 457 g/mol. The molecule has 1 heterocycles. The Morgan fingerprint density at radius 2 is 1.95 bits per heavy atom. The summed E-state index contributed by atoms with van der Waals surface area (Å²) in [6.07, 6.45) is 10.7. The van der Waals surface area contributed by atoms with Gasteiger partial charge in [0.1, 0.15) is 0 Å². The molecule has 2 aromatic rings. The minimum absolute atomic E-state index is 0. The van der Waals surface area contributed by atoms with Gasteiger partial charge in [-0.15, -0.1) is 34.9 Å². The maximum atomic E-state index is 4.54. The molecule has 1 radical (unpaired) electrons. The molecule has 0 spiro atoms. The summed E-state index contributed by atoms with van der Waals surface area (Å²) in [5, 5.41) is 0. The normalized spacial score (nSPS) is 13.4. The van der Waals surface area contributed by atoms with Crippen molar-refractivity contribution < 1.29 is 20.1 Å². The standard InChI is InChI=1S/C19H22N.Ir/c1-2-3-6-15-11-12-20-19(13-15)18-10-9-16-7-4-5-8-17(16)14-18;/h9,11-14H,2-8H2,1H3;/q-1;. The van der Waals surface area contributed by atoms with Crippen molar-refractivity contribution in [2.75, 3.05) is 0 Å². The number of aromatic nitrogens is 1. The zero-order valence-corrected chi connectivity index (χ0v) is 15.0. The van der Waals surface area contributed by atoms with Gasteiger partial charge in [0.25, 0.3) is 0 Å². The second-order valence-corrected chi connectivity index (χ2v) is 5.76. The number of rotatable bonds is 4. The molecule has 1 aromatic carbocycles. The number of hydrogen-bond donors (Lipinski definition) is 0. The van der Waals surface area contributed by atoms with E-state index in [0.717, 1.165) is 17.7 Å². The van der Waals surface area contributed by atoms with E-state index in [1.807, 2.05) is 6.20 Å². The van der Waals surface area contributed by atoms with Gasteiger partial charge in [0.05, 0.1) is 0 Å². The fraction of sp³-hybridized carbons (Fsp3) is 0.421. The number of pyridine rings is 1. The molecule has 3 rings (SSSR count). The van der Waals surface area contributed by atoms with E-state index in [9.17, 15) is 0 Å². The SMILES string of the molecule is CCCCc1ccnc(-c2[c-]cc3c(c2)CCCC3)c1.[Ir]. The summed E-state index contributed by atoms with van der Waals surface area (Å²) in [6, 6.07) is 12.3. The predicted molar refractivity (Wildman–Crippen MR) is 83.8 cm³/mol. The topological polar surface area (TPSA) is 12.9 Å². The first kappa shape index (κ1) is 16.4. The zero-order chi connectivity index (χ0) is 13.8. The van der Waals surface area contributed by atoms with E-state index in [0.29, 0.717) is 0 Å². The van der Waals surface area contributed by atoms with Crippen molar-refractivity contribution in [2.24, 2.45) is 0 Å². The first-order valence-electron chi connectivity index (χ1n) is 7.85. The van der Waals surface area contributed by atoms with E-state index >= 15 is 0 Å². The fourth-order valence-corrected chi connectivity index (χ4v) is 2.97. The van der Waals surface area contributed by atoms with E-state index in [1.165, 1.54) is 55.2 Å². The fourth-order valence-electron chi connectivity index (χ4n) is 2.97. The Labute approximate surface area is 141 Å². The van der Waals surface area contributed by atoms with Crippen LogP contribution in [0.5, 0.6) is 0 Å². The van der Waals surface area contributed by atoms with Gasteiger partial charge in [-0.2, -0.15) is 0 Å². The third-order valence-corrected chi connectivity index (χ3v) is 4.19. The Kier molecular flexibility index (Phi) is 6.14. The van der Waals surface area contributed by atoms with Crippen molar-refractivity contribution >= 4 is 0 Å². The van der Waals surface area contributed by atoms with E-state index < -0.39 is 0 Å². The van der Waals surface area contributed by atoms with Crippen LogP contribution in [0, 0.1) is 6.07 Å². The molecule has 2 heteroatoms. The molecular weight excluding hydrogens is 434 g/mol. The first-order chi connectivity index (χ1) is 9.86. The second-order valence-electron chi connectivity index (χ2n) is 5.76. The van der Waals surface area contributed by atoms with Crippen LogP contribution in [0.15, 0.2) is 30.5 Å². The molecule has 113 valence electrons. The van der Waals surface area contributed by atoms with Crippen molar-refractivity contribution in [2.45, 2.75) is 51.9 Å². The predicted octanol–water partition coefficient (Wildman–Crippen LogP) is 4.77. The smallest absolute Gasteiger partial charge is 0.0163 e. The van der Waals surface area contributed by atoms with Gasteiger partial charge in [-0.25, -0.2) is 0 Å². The van der Waals surface area contributed by atoms with Crippen molar-refractivity contribution in [1.29, 1.82) is 0 Å². The molecule has 0 amide bonds. The molecule has 1 aliphatic rings. The average Bonchev–Trinajstić information content (AvgIpc) is 2.53.